The van der Waals surface area contributed by atoms with E-state index >= 15 is 0 Å². The largest absolute Gasteiger partial charge is 0.480 e. The van der Waals surface area contributed by atoms with E-state index < -0.39 is 57.2 Å². The third kappa shape index (κ3) is 38.4. The number of aliphatic carboxylic acids is 1. The standard InChI is InChI=1S/C44H76NO11P/c1-3-5-6-7-8-9-10-11-12-17-20-23-26-29-32-35-43(48)56-40(37-54-57(51,52)55-38-41(45)44(49)50)36-53-42(47)34-31-28-25-22-19-16-14-13-15-18-21-24-27-30-33-39(46)4-2/h14-16,18,22,24-25,27,30,33,39-41,46H,3-13,17,19-21,23,26,28-29,31-32,34-38,45H2,1-2H3,(H,49,50)(H,51,52)/b16-14-,18-15-,25-22-,27-24-,33-30+/t39-,40+,41-/m0/s1. The van der Waals surface area contributed by atoms with Crippen molar-refractivity contribution in [3.8, 4) is 0 Å². The van der Waals surface area contributed by atoms with Crippen molar-refractivity contribution >= 4 is 25.7 Å². The molecule has 0 heterocycles. The van der Waals surface area contributed by atoms with E-state index in [0.29, 0.717) is 25.7 Å². The SMILES string of the molecule is CCCCCCCCCCCCCCCCCC(=O)O[C@H](COC(=O)CCC/C=C\C/C=C\C/C=C\C/C=C\C=C\[C@@H](O)CC)COP(=O)(O)OC[C@H](N)C(=O)O. The van der Waals surface area contributed by atoms with Gasteiger partial charge in [-0.15, -0.1) is 0 Å². The Morgan fingerprint density at radius 1 is 0.632 bits per heavy atom. The molecule has 13 heteroatoms. The van der Waals surface area contributed by atoms with Crippen molar-refractivity contribution < 1.29 is 52.6 Å². The van der Waals surface area contributed by atoms with Crippen molar-refractivity contribution in [2.75, 3.05) is 19.8 Å². The first-order chi connectivity index (χ1) is 27.5. The average molecular weight is 826 g/mol. The molecule has 12 nitrogen and oxygen atoms in total. The number of allylic oxidation sites excluding steroid dienone is 9. The fourth-order valence-corrected chi connectivity index (χ4v) is 6.18. The van der Waals surface area contributed by atoms with Crippen molar-refractivity contribution in [1.82, 2.24) is 0 Å². The third-order valence-electron chi connectivity index (χ3n) is 8.94. The minimum atomic E-state index is -4.74. The number of carbonyl (C=O) groups is 3. The maximum absolute atomic E-state index is 12.6. The Morgan fingerprint density at radius 3 is 1.67 bits per heavy atom. The first kappa shape index (κ1) is 54.1. The summed E-state index contributed by atoms with van der Waals surface area (Å²) in [4.78, 5) is 45.9. The number of aliphatic hydroxyl groups is 1. The Hall–Kier alpha value is -2.86. The summed E-state index contributed by atoms with van der Waals surface area (Å²) in [5.41, 5.74) is 5.32. The quantitative estimate of drug-likeness (QED) is 0.0151. The number of hydrogen-bond donors (Lipinski definition) is 4. The number of aliphatic hydroxyl groups excluding tert-OH is 1. The van der Waals surface area contributed by atoms with Crippen LogP contribution in [0.4, 0.5) is 0 Å². The molecule has 0 aliphatic carbocycles. The number of rotatable bonds is 39. The second kappa shape index (κ2) is 38.6. The minimum Gasteiger partial charge on any atom is -0.480 e. The molecule has 0 radical (unpaired) electrons. The van der Waals surface area contributed by atoms with Crippen LogP contribution in [0.1, 0.15) is 162 Å². The van der Waals surface area contributed by atoms with Gasteiger partial charge in [-0.3, -0.25) is 23.4 Å². The molecule has 0 spiro atoms. The fraction of sp³-hybridized carbons (Fsp3) is 0.705. The predicted molar refractivity (Wildman–Crippen MR) is 227 cm³/mol. The molecule has 0 aliphatic heterocycles. The zero-order valence-electron chi connectivity index (χ0n) is 35.0. The summed E-state index contributed by atoms with van der Waals surface area (Å²) in [6.07, 6.45) is 41.0. The molecule has 1 unspecified atom stereocenters. The predicted octanol–water partition coefficient (Wildman–Crippen LogP) is 10.1. The van der Waals surface area contributed by atoms with Gasteiger partial charge >= 0.3 is 25.7 Å². The number of nitrogens with two attached hydrogens (primary N) is 1. The summed E-state index contributed by atoms with van der Waals surface area (Å²) < 4.78 is 32.6. The number of esters is 2. The summed E-state index contributed by atoms with van der Waals surface area (Å²) in [6.45, 7) is 2.40. The highest BCUT2D eigenvalue weighted by Crippen LogP contribution is 2.43. The highest BCUT2D eigenvalue weighted by Gasteiger charge is 2.28. The maximum Gasteiger partial charge on any atom is 0.472 e. The van der Waals surface area contributed by atoms with Gasteiger partial charge in [-0.05, 0) is 44.9 Å². The van der Waals surface area contributed by atoms with Gasteiger partial charge in [0.25, 0.3) is 0 Å². The number of hydrogen-bond acceptors (Lipinski definition) is 10. The van der Waals surface area contributed by atoms with Gasteiger partial charge in [-0.1, -0.05) is 164 Å². The summed E-state index contributed by atoms with van der Waals surface area (Å²) in [6, 6.07) is -1.54. The van der Waals surface area contributed by atoms with E-state index in [0.717, 1.165) is 38.5 Å². The maximum atomic E-state index is 12.6. The summed E-state index contributed by atoms with van der Waals surface area (Å²) in [7, 11) is -4.74. The van der Waals surface area contributed by atoms with Gasteiger partial charge in [0, 0.05) is 12.8 Å². The van der Waals surface area contributed by atoms with E-state index in [4.69, 9.17) is 24.8 Å². The van der Waals surface area contributed by atoms with Crippen LogP contribution in [0.3, 0.4) is 0 Å². The molecule has 0 fully saturated rings. The molecular formula is C44H76NO11P. The number of phosphoric acid groups is 1. The number of carbonyl (C=O) groups excluding carboxylic acids is 2. The van der Waals surface area contributed by atoms with Gasteiger partial charge in [0.05, 0.1) is 19.3 Å². The van der Waals surface area contributed by atoms with Gasteiger partial charge < -0.3 is 30.3 Å². The Labute approximate surface area is 343 Å². The molecule has 0 aromatic rings. The number of phosphoric ester groups is 1. The molecular weight excluding hydrogens is 749 g/mol. The van der Waals surface area contributed by atoms with Crippen LogP contribution in [0, 0.1) is 0 Å². The van der Waals surface area contributed by atoms with Crippen LogP contribution in [0.15, 0.2) is 60.8 Å². The Bertz CT molecular complexity index is 1220. The Morgan fingerprint density at radius 2 is 1.12 bits per heavy atom. The van der Waals surface area contributed by atoms with Gasteiger partial charge in [-0.25, -0.2) is 4.57 Å². The van der Waals surface area contributed by atoms with Crippen LogP contribution in [0.25, 0.3) is 0 Å². The number of carboxylic acids is 1. The molecule has 57 heavy (non-hydrogen) atoms. The molecule has 0 saturated heterocycles. The van der Waals surface area contributed by atoms with Crippen LogP contribution >= 0.6 is 7.82 Å². The third-order valence-corrected chi connectivity index (χ3v) is 9.89. The van der Waals surface area contributed by atoms with E-state index in [1.54, 1.807) is 6.08 Å². The van der Waals surface area contributed by atoms with Crippen LogP contribution < -0.4 is 5.73 Å². The van der Waals surface area contributed by atoms with Crippen molar-refractivity contribution in [3.05, 3.63) is 60.8 Å². The van der Waals surface area contributed by atoms with Crippen molar-refractivity contribution in [2.24, 2.45) is 5.73 Å². The molecule has 0 bridgehead atoms. The number of ether oxygens (including phenoxy) is 2. The monoisotopic (exact) mass is 826 g/mol. The zero-order chi connectivity index (χ0) is 42.2. The minimum absolute atomic E-state index is 0.129. The smallest absolute Gasteiger partial charge is 0.472 e. The average Bonchev–Trinajstić information content (AvgIpc) is 3.19. The second-order valence-corrected chi connectivity index (χ2v) is 15.8. The lowest BCUT2D eigenvalue weighted by atomic mass is 10.0. The second-order valence-electron chi connectivity index (χ2n) is 14.3. The molecule has 0 rings (SSSR count). The lowest BCUT2D eigenvalue weighted by Crippen LogP contribution is -2.34. The fourth-order valence-electron chi connectivity index (χ4n) is 5.40. The van der Waals surface area contributed by atoms with E-state index in [1.807, 2.05) is 37.3 Å². The number of unbranched alkanes of at least 4 members (excludes halogenated alkanes) is 15. The molecule has 328 valence electrons. The van der Waals surface area contributed by atoms with Crippen LogP contribution in [0.2, 0.25) is 0 Å². The van der Waals surface area contributed by atoms with E-state index in [9.17, 15) is 28.9 Å². The van der Waals surface area contributed by atoms with E-state index in [2.05, 4.69) is 35.8 Å². The van der Waals surface area contributed by atoms with Crippen molar-refractivity contribution in [1.29, 1.82) is 0 Å². The topological polar surface area (TPSA) is 192 Å². The first-order valence-corrected chi connectivity index (χ1v) is 22.9. The molecule has 0 amide bonds. The molecule has 0 aromatic carbocycles. The van der Waals surface area contributed by atoms with Crippen molar-refractivity contribution in [3.63, 3.8) is 0 Å². The molecule has 0 saturated carbocycles. The van der Waals surface area contributed by atoms with Crippen molar-refractivity contribution in [2.45, 2.75) is 180 Å². The summed E-state index contributed by atoms with van der Waals surface area (Å²) in [5, 5.41) is 18.3. The van der Waals surface area contributed by atoms with Crippen LogP contribution in [-0.4, -0.2) is 71.1 Å². The van der Waals surface area contributed by atoms with Crippen LogP contribution in [0.5, 0.6) is 0 Å². The highest BCUT2D eigenvalue weighted by molar-refractivity contribution is 7.47. The molecule has 4 atom stereocenters. The highest BCUT2D eigenvalue weighted by atomic mass is 31.2. The number of carboxylic acid groups (broad SMARTS) is 1. The van der Waals surface area contributed by atoms with Gasteiger partial charge in [0.1, 0.15) is 12.6 Å². The summed E-state index contributed by atoms with van der Waals surface area (Å²) in [5.74, 6) is -2.48. The normalized spacial score (nSPS) is 14.9. The van der Waals surface area contributed by atoms with E-state index in [1.165, 1.54) is 70.6 Å². The molecule has 0 aromatic heterocycles. The van der Waals surface area contributed by atoms with E-state index in [-0.39, 0.29) is 19.4 Å². The van der Waals surface area contributed by atoms with Gasteiger partial charge in [0.15, 0.2) is 6.10 Å². The molecule has 5 N–H and O–H groups in total. The van der Waals surface area contributed by atoms with Gasteiger partial charge in [-0.2, -0.15) is 0 Å². The van der Waals surface area contributed by atoms with Gasteiger partial charge in [0.2, 0.25) is 0 Å². The van der Waals surface area contributed by atoms with Crippen LogP contribution in [-0.2, 0) is 37.5 Å². The zero-order valence-corrected chi connectivity index (χ0v) is 35.9. The molecule has 0 aliphatic rings. The Kier molecular flexibility index (Phi) is 36.7. The first-order valence-electron chi connectivity index (χ1n) is 21.4. The lowest BCUT2D eigenvalue weighted by molar-refractivity contribution is -0.161. The Balaban J connectivity index is 4.48. The summed E-state index contributed by atoms with van der Waals surface area (Å²) >= 11 is 0. The lowest BCUT2D eigenvalue weighted by Gasteiger charge is -2.20.